The van der Waals surface area contributed by atoms with Crippen LogP contribution in [0, 0.1) is 5.82 Å². The molecule has 4 aromatic rings. The van der Waals surface area contributed by atoms with Gasteiger partial charge in [-0.2, -0.15) is 5.10 Å². The first-order chi connectivity index (χ1) is 19.0. The van der Waals surface area contributed by atoms with Crippen molar-refractivity contribution in [3.63, 3.8) is 0 Å². The van der Waals surface area contributed by atoms with Crippen molar-refractivity contribution in [3.8, 4) is 11.5 Å². The standard InChI is InChI=1S/C28H27ClFN7O2/c1-31-36-26(28-32-9-10-37(28)2)21-13-20-23(14-25(21)38-3)33-16-34-27(20)35-19-7-8-24(22(29)12-19)39-15-17-5-4-6-18(30)11-17/h4-8,11-14,16,31H,9-10,15H2,1-3H3,(H,33,34,35). The lowest BCUT2D eigenvalue weighted by Gasteiger charge is -2.18. The largest absolute Gasteiger partial charge is 0.496 e. The number of hydrogen-bond donors (Lipinski definition) is 2. The Hall–Kier alpha value is -4.44. The molecule has 1 aromatic heterocycles. The van der Waals surface area contributed by atoms with Gasteiger partial charge in [0.25, 0.3) is 0 Å². The molecule has 39 heavy (non-hydrogen) atoms. The average molecular weight is 548 g/mol. The number of ether oxygens (including phenoxy) is 2. The van der Waals surface area contributed by atoms with Crippen LogP contribution in [0.2, 0.25) is 5.02 Å². The molecule has 0 unspecified atom stereocenters. The number of rotatable bonds is 9. The second-order valence-electron chi connectivity index (χ2n) is 8.79. The van der Waals surface area contributed by atoms with Crippen molar-refractivity contribution in [2.75, 3.05) is 39.6 Å². The Kier molecular flexibility index (Phi) is 7.74. The van der Waals surface area contributed by atoms with Crippen molar-refractivity contribution in [1.29, 1.82) is 0 Å². The summed E-state index contributed by atoms with van der Waals surface area (Å²) in [5, 5.41) is 9.02. The van der Waals surface area contributed by atoms with E-state index in [1.165, 1.54) is 18.5 Å². The Morgan fingerprint density at radius 3 is 2.72 bits per heavy atom. The predicted molar refractivity (Wildman–Crippen MR) is 152 cm³/mol. The van der Waals surface area contributed by atoms with Crippen molar-refractivity contribution in [1.82, 2.24) is 20.3 Å². The molecule has 2 heterocycles. The second-order valence-corrected chi connectivity index (χ2v) is 9.20. The number of likely N-dealkylation sites (N-methyl/N-ethyl adjacent to an activating group) is 1. The number of nitrogens with zero attached hydrogens (tertiary/aromatic N) is 5. The van der Waals surface area contributed by atoms with Crippen LogP contribution in [0.1, 0.15) is 11.1 Å². The fraction of sp³-hybridized carbons (Fsp3) is 0.214. The third-order valence-electron chi connectivity index (χ3n) is 6.18. The molecule has 0 saturated carbocycles. The first kappa shape index (κ1) is 26.2. The summed E-state index contributed by atoms with van der Waals surface area (Å²) in [4.78, 5) is 15.6. The smallest absolute Gasteiger partial charge is 0.152 e. The topological polar surface area (TPSA) is 96.3 Å². The fourth-order valence-corrected chi connectivity index (χ4v) is 4.52. The van der Waals surface area contributed by atoms with Crippen LogP contribution in [0.4, 0.5) is 15.9 Å². The molecular weight excluding hydrogens is 521 g/mol. The number of aromatic nitrogens is 2. The van der Waals surface area contributed by atoms with Crippen LogP contribution in [0.25, 0.3) is 10.9 Å². The Labute approximate surface area is 230 Å². The van der Waals surface area contributed by atoms with Crippen LogP contribution in [0.5, 0.6) is 11.5 Å². The quantitative estimate of drug-likeness (QED) is 0.224. The normalized spacial score (nSPS) is 13.4. The lowest BCUT2D eigenvalue weighted by molar-refractivity contribution is 0.306. The van der Waals surface area contributed by atoms with Gasteiger partial charge in [0.15, 0.2) is 5.84 Å². The molecule has 0 amide bonds. The Morgan fingerprint density at radius 2 is 2.00 bits per heavy atom. The predicted octanol–water partition coefficient (Wildman–Crippen LogP) is 5.02. The number of benzene rings is 3. The Morgan fingerprint density at radius 1 is 1.13 bits per heavy atom. The minimum Gasteiger partial charge on any atom is -0.496 e. The van der Waals surface area contributed by atoms with E-state index in [1.807, 2.05) is 25.2 Å². The molecule has 0 saturated heterocycles. The number of hydrazone groups is 1. The SMILES string of the molecule is CNN=C(C1=NCCN1C)c1cc2c(Nc3ccc(OCc4cccc(F)c4)c(Cl)c3)ncnc2cc1OC. The molecule has 0 atom stereocenters. The van der Waals surface area contributed by atoms with Gasteiger partial charge in [0.2, 0.25) is 0 Å². The molecule has 3 aromatic carbocycles. The number of amidine groups is 1. The highest BCUT2D eigenvalue weighted by Crippen LogP contribution is 2.33. The van der Waals surface area contributed by atoms with Gasteiger partial charge in [-0.05, 0) is 42.0 Å². The van der Waals surface area contributed by atoms with E-state index in [2.05, 4.69) is 35.7 Å². The lowest BCUT2D eigenvalue weighted by atomic mass is 10.0. The summed E-state index contributed by atoms with van der Waals surface area (Å²) >= 11 is 6.51. The minimum atomic E-state index is -0.313. The van der Waals surface area contributed by atoms with Crippen LogP contribution >= 0.6 is 11.6 Å². The summed E-state index contributed by atoms with van der Waals surface area (Å²) in [6.07, 6.45) is 1.49. The number of halogens is 2. The van der Waals surface area contributed by atoms with Crippen LogP contribution in [-0.4, -0.2) is 60.7 Å². The summed E-state index contributed by atoms with van der Waals surface area (Å²) in [7, 11) is 5.34. The molecule has 1 aliphatic rings. The zero-order valence-electron chi connectivity index (χ0n) is 21.7. The third kappa shape index (κ3) is 5.70. The minimum absolute atomic E-state index is 0.197. The van der Waals surface area contributed by atoms with Crippen LogP contribution < -0.4 is 20.2 Å². The molecule has 1 aliphatic heterocycles. The molecular formula is C28H27ClFN7O2. The summed E-state index contributed by atoms with van der Waals surface area (Å²) < 4.78 is 25.0. The van der Waals surface area contributed by atoms with Gasteiger partial charge in [-0.15, -0.1) is 0 Å². The third-order valence-corrected chi connectivity index (χ3v) is 6.48. The highest BCUT2D eigenvalue weighted by atomic mass is 35.5. The van der Waals surface area contributed by atoms with Gasteiger partial charge in [-0.1, -0.05) is 23.7 Å². The van der Waals surface area contributed by atoms with Gasteiger partial charge in [0.1, 0.15) is 41.8 Å². The highest BCUT2D eigenvalue weighted by molar-refractivity contribution is 6.48. The summed E-state index contributed by atoms with van der Waals surface area (Å²) in [6.45, 7) is 1.71. The van der Waals surface area contributed by atoms with E-state index < -0.39 is 0 Å². The molecule has 0 fully saturated rings. The number of fused-ring (bicyclic) bond motifs is 1. The number of nitrogens with one attached hydrogen (secondary N) is 2. The van der Waals surface area contributed by atoms with E-state index in [-0.39, 0.29) is 12.4 Å². The number of anilines is 2. The van der Waals surface area contributed by atoms with Gasteiger partial charge >= 0.3 is 0 Å². The zero-order valence-corrected chi connectivity index (χ0v) is 22.5. The fourth-order valence-electron chi connectivity index (χ4n) is 4.29. The molecule has 5 rings (SSSR count). The van der Waals surface area contributed by atoms with E-state index in [0.717, 1.165) is 23.3 Å². The van der Waals surface area contributed by atoms with Gasteiger partial charge in [0, 0.05) is 43.3 Å². The van der Waals surface area contributed by atoms with Crippen LogP contribution in [0.3, 0.4) is 0 Å². The average Bonchev–Trinajstić information content (AvgIpc) is 3.36. The van der Waals surface area contributed by atoms with Crippen molar-refractivity contribution in [2.45, 2.75) is 6.61 Å². The van der Waals surface area contributed by atoms with Crippen LogP contribution in [-0.2, 0) is 6.61 Å². The second kappa shape index (κ2) is 11.5. The van der Waals surface area contributed by atoms with E-state index in [4.69, 9.17) is 21.1 Å². The van der Waals surface area contributed by atoms with Crippen molar-refractivity contribution in [2.24, 2.45) is 10.1 Å². The van der Waals surface area contributed by atoms with Crippen molar-refractivity contribution >= 4 is 45.6 Å². The summed E-state index contributed by atoms with van der Waals surface area (Å²) in [5.41, 5.74) is 6.41. The monoisotopic (exact) mass is 547 g/mol. The van der Waals surface area contributed by atoms with E-state index in [1.54, 1.807) is 38.4 Å². The highest BCUT2D eigenvalue weighted by Gasteiger charge is 2.24. The first-order valence-electron chi connectivity index (χ1n) is 12.2. The number of hydrogen-bond acceptors (Lipinski definition) is 9. The molecule has 0 bridgehead atoms. The summed E-state index contributed by atoms with van der Waals surface area (Å²) in [6, 6.07) is 15.4. The van der Waals surface area contributed by atoms with Crippen LogP contribution in [0.15, 0.2) is 71.0 Å². The molecule has 0 spiro atoms. The maximum Gasteiger partial charge on any atom is 0.152 e. The van der Waals surface area contributed by atoms with Gasteiger partial charge in [0.05, 0.1) is 24.2 Å². The first-order valence-corrected chi connectivity index (χ1v) is 12.6. The molecule has 200 valence electrons. The van der Waals surface area contributed by atoms with Crippen molar-refractivity contribution < 1.29 is 13.9 Å². The van der Waals surface area contributed by atoms with Crippen molar-refractivity contribution in [3.05, 3.63) is 82.9 Å². The van der Waals surface area contributed by atoms with Gasteiger partial charge in [-0.25, -0.2) is 14.4 Å². The maximum absolute atomic E-state index is 13.5. The number of methoxy groups -OCH3 is 1. The molecule has 2 N–H and O–H groups in total. The summed E-state index contributed by atoms with van der Waals surface area (Å²) in [5.74, 6) is 2.15. The molecule has 11 heteroatoms. The van der Waals surface area contributed by atoms with E-state index >= 15 is 0 Å². The Bertz CT molecular complexity index is 1580. The molecule has 9 nitrogen and oxygen atoms in total. The Balaban J connectivity index is 1.45. The van der Waals surface area contributed by atoms with E-state index in [0.29, 0.717) is 51.4 Å². The lowest BCUT2D eigenvalue weighted by Crippen LogP contribution is -2.32. The maximum atomic E-state index is 13.5. The van der Waals surface area contributed by atoms with Gasteiger partial charge < -0.3 is 25.1 Å². The molecule has 0 aliphatic carbocycles. The number of aliphatic imine (C=N–C) groups is 1. The van der Waals surface area contributed by atoms with Gasteiger partial charge in [-0.3, -0.25) is 4.99 Å². The zero-order chi connectivity index (χ0) is 27.4. The molecule has 0 radical (unpaired) electrons. The van der Waals surface area contributed by atoms with E-state index in [9.17, 15) is 4.39 Å².